The Hall–Kier alpha value is -2.04. The van der Waals surface area contributed by atoms with Crippen LogP contribution in [0.1, 0.15) is 18.6 Å². The van der Waals surface area contributed by atoms with Gasteiger partial charge in [0, 0.05) is 13.7 Å². The van der Waals surface area contributed by atoms with Crippen molar-refractivity contribution in [3.05, 3.63) is 60.2 Å². The third-order valence-corrected chi connectivity index (χ3v) is 3.57. The van der Waals surface area contributed by atoms with Crippen LogP contribution >= 0.6 is 0 Å². The molecule has 2 aromatic carbocycles. The summed E-state index contributed by atoms with van der Waals surface area (Å²) in [4.78, 5) is 0. The van der Waals surface area contributed by atoms with Crippen LogP contribution in [-0.4, -0.2) is 33.4 Å². The number of nitrogens with one attached hydrogen (secondary N) is 1. The van der Waals surface area contributed by atoms with Crippen molar-refractivity contribution in [3.63, 3.8) is 0 Å². The molecule has 4 nitrogen and oxygen atoms in total. The van der Waals surface area contributed by atoms with Gasteiger partial charge in [0.1, 0.15) is 17.6 Å². The molecular weight excluding hydrogens is 290 g/mol. The first-order chi connectivity index (χ1) is 11.3. The third-order valence-electron chi connectivity index (χ3n) is 3.57. The van der Waals surface area contributed by atoms with E-state index < -0.39 is 0 Å². The fourth-order valence-corrected chi connectivity index (χ4v) is 2.44. The van der Waals surface area contributed by atoms with Gasteiger partial charge in [0.05, 0.1) is 6.61 Å². The molecule has 1 N–H and O–H groups in total. The first-order valence-corrected chi connectivity index (χ1v) is 7.90. The van der Waals surface area contributed by atoms with Gasteiger partial charge in [0.25, 0.3) is 0 Å². The Morgan fingerprint density at radius 3 is 2.17 bits per heavy atom. The molecule has 23 heavy (non-hydrogen) atoms. The van der Waals surface area contributed by atoms with E-state index >= 15 is 0 Å². The second-order valence-corrected chi connectivity index (χ2v) is 5.19. The summed E-state index contributed by atoms with van der Waals surface area (Å²) in [5, 5.41) is 3.16. The van der Waals surface area contributed by atoms with Crippen LogP contribution < -0.4 is 14.8 Å². The normalized spacial score (nSPS) is 13.3. The SMILES string of the molecule is CCOc1ccc(OC(c2ccccc2)C(CNC)OC)cc1. The summed E-state index contributed by atoms with van der Waals surface area (Å²) >= 11 is 0. The monoisotopic (exact) mass is 315 g/mol. The van der Waals surface area contributed by atoms with Gasteiger partial charge in [-0.3, -0.25) is 0 Å². The summed E-state index contributed by atoms with van der Waals surface area (Å²) in [5.41, 5.74) is 1.09. The smallest absolute Gasteiger partial charge is 0.151 e. The van der Waals surface area contributed by atoms with Crippen molar-refractivity contribution >= 4 is 0 Å². The lowest BCUT2D eigenvalue weighted by molar-refractivity contribution is 0.00257. The zero-order valence-electron chi connectivity index (χ0n) is 14.0. The number of rotatable bonds is 9. The summed E-state index contributed by atoms with van der Waals surface area (Å²) in [5.74, 6) is 1.63. The molecule has 2 aromatic rings. The van der Waals surface area contributed by atoms with E-state index in [4.69, 9.17) is 14.2 Å². The number of likely N-dealkylation sites (N-methyl/N-ethyl adjacent to an activating group) is 1. The fourth-order valence-electron chi connectivity index (χ4n) is 2.44. The second-order valence-electron chi connectivity index (χ2n) is 5.19. The molecule has 0 fully saturated rings. The molecule has 124 valence electrons. The standard InChI is InChI=1S/C19H25NO3/c1-4-22-16-10-12-17(13-11-16)23-19(18(21-3)14-20-2)15-8-6-5-7-9-15/h5-13,18-20H,4,14H2,1-3H3. The van der Waals surface area contributed by atoms with E-state index in [-0.39, 0.29) is 12.2 Å². The van der Waals surface area contributed by atoms with Gasteiger partial charge in [-0.2, -0.15) is 0 Å². The average Bonchev–Trinajstić information content (AvgIpc) is 2.60. The molecule has 2 rings (SSSR count). The van der Waals surface area contributed by atoms with E-state index in [1.807, 2.05) is 56.4 Å². The first kappa shape index (κ1) is 17.3. The summed E-state index contributed by atoms with van der Waals surface area (Å²) in [6.07, 6.45) is -0.277. The van der Waals surface area contributed by atoms with Crippen molar-refractivity contribution in [2.75, 3.05) is 27.3 Å². The average molecular weight is 315 g/mol. The van der Waals surface area contributed by atoms with Gasteiger partial charge < -0.3 is 19.5 Å². The van der Waals surface area contributed by atoms with Crippen LogP contribution in [0.5, 0.6) is 11.5 Å². The highest BCUT2D eigenvalue weighted by molar-refractivity contribution is 5.32. The van der Waals surface area contributed by atoms with Gasteiger partial charge in [-0.25, -0.2) is 0 Å². The van der Waals surface area contributed by atoms with E-state index in [1.54, 1.807) is 7.11 Å². The highest BCUT2D eigenvalue weighted by Crippen LogP contribution is 2.27. The predicted molar refractivity (Wildman–Crippen MR) is 92.1 cm³/mol. The quantitative estimate of drug-likeness (QED) is 0.769. The molecule has 0 spiro atoms. The Morgan fingerprint density at radius 1 is 0.957 bits per heavy atom. The highest BCUT2D eigenvalue weighted by atomic mass is 16.5. The first-order valence-electron chi connectivity index (χ1n) is 7.90. The van der Waals surface area contributed by atoms with Crippen LogP contribution in [0, 0.1) is 0 Å². The summed E-state index contributed by atoms with van der Waals surface area (Å²) in [6, 6.07) is 17.8. The Morgan fingerprint density at radius 2 is 1.61 bits per heavy atom. The van der Waals surface area contributed by atoms with Crippen LogP contribution in [0.4, 0.5) is 0 Å². The molecule has 4 heteroatoms. The maximum atomic E-state index is 6.22. The minimum atomic E-state index is -0.188. The molecule has 0 saturated carbocycles. The van der Waals surface area contributed by atoms with Crippen LogP contribution in [0.3, 0.4) is 0 Å². The number of ether oxygens (including phenoxy) is 3. The predicted octanol–water partition coefficient (Wildman–Crippen LogP) is 3.44. The van der Waals surface area contributed by atoms with E-state index in [1.165, 1.54) is 0 Å². The molecule has 0 aliphatic rings. The van der Waals surface area contributed by atoms with Gasteiger partial charge in [0.15, 0.2) is 6.10 Å². The molecule has 0 radical (unpaired) electrons. The zero-order chi connectivity index (χ0) is 16.5. The second kappa shape index (κ2) is 9.18. The lowest BCUT2D eigenvalue weighted by Crippen LogP contribution is -2.34. The fraction of sp³-hybridized carbons (Fsp3) is 0.368. The maximum Gasteiger partial charge on any atom is 0.151 e. The van der Waals surface area contributed by atoms with Crippen LogP contribution in [0.25, 0.3) is 0 Å². The molecule has 0 amide bonds. The van der Waals surface area contributed by atoms with E-state index in [9.17, 15) is 0 Å². The van der Waals surface area contributed by atoms with Gasteiger partial charge in [0.2, 0.25) is 0 Å². The van der Waals surface area contributed by atoms with E-state index in [0.29, 0.717) is 13.2 Å². The molecule has 0 aliphatic heterocycles. The van der Waals surface area contributed by atoms with Crippen molar-refractivity contribution in [1.29, 1.82) is 0 Å². The molecular formula is C19H25NO3. The van der Waals surface area contributed by atoms with Gasteiger partial charge >= 0.3 is 0 Å². The Labute approximate surface area is 138 Å². The minimum Gasteiger partial charge on any atom is -0.494 e. The molecule has 0 bridgehead atoms. The van der Waals surface area contributed by atoms with Crippen molar-refractivity contribution in [2.45, 2.75) is 19.1 Å². The Kier molecular flexibility index (Phi) is 6.91. The zero-order valence-corrected chi connectivity index (χ0v) is 14.0. The van der Waals surface area contributed by atoms with E-state index in [2.05, 4.69) is 17.4 Å². The Balaban J connectivity index is 2.19. The molecule has 0 aliphatic carbocycles. The summed E-state index contributed by atoms with van der Waals surface area (Å²) in [7, 11) is 3.62. The largest absolute Gasteiger partial charge is 0.494 e. The lowest BCUT2D eigenvalue weighted by Gasteiger charge is -2.27. The van der Waals surface area contributed by atoms with Crippen molar-refractivity contribution in [1.82, 2.24) is 5.32 Å². The Bertz CT molecular complexity index is 557. The van der Waals surface area contributed by atoms with Crippen molar-refractivity contribution in [2.24, 2.45) is 0 Å². The molecule has 2 atom stereocenters. The highest BCUT2D eigenvalue weighted by Gasteiger charge is 2.24. The molecule has 0 heterocycles. The number of hydrogen-bond donors (Lipinski definition) is 1. The topological polar surface area (TPSA) is 39.7 Å². The van der Waals surface area contributed by atoms with Crippen molar-refractivity contribution < 1.29 is 14.2 Å². The summed E-state index contributed by atoms with van der Waals surface area (Å²) < 4.78 is 17.3. The molecule has 2 unspecified atom stereocenters. The molecule has 0 aromatic heterocycles. The maximum absolute atomic E-state index is 6.22. The van der Waals surface area contributed by atoms with Crippen molar-refractivity contribution in [3.8, 4) is 11.5 Å². The minimum absolute atomic E-state index is 0.0889. The van der Waals surface area contributed by atoms with Gasteiger partial charge in [-0.15, -0.1) is 0 Å². The van der Waals surface area contributed by atoms with Crippen LogP contribution in [0.15, 0.2) is 54.6 Å². The number of methoxy groups -OCH3 is 1. The number of hydrogen-bond acceptors (Lipinski definition) is 4. The lowest BCUT2D eigenvalue weighted by atomic mass is 10.0. The van der Waals surface area contributed by atoms with Gasteiger partial charge in [-0.05, 0) is 43.8 Å². The third kappa shape index (κ3) is 4.98. The molecule has 0 saturated heterocycles. The van der Waals surface area contributed by atoms with Crippen LogP contribution in [-0.2, 0) is 4.74 Å². The number of benzene rings is 2. The van der Waals surface area contributed by atoms with E-state index in [0.717, 1.165) is 17.1 Å². The van der Waals surface area contributed by atoms with Gasteiger partial charge in [-0.1, -0.05) is 30.3 Å². The summed E-state index contributed by atoms with van der Waals surface area (Å²) in [6.45, 7) is 3.32. The van der Waals surface area contributed by atoms with Crippen LogP contribution in [0.2, 0.25) is 0 Å².